The molecule has 2 aromatic carbocycles. The average Bonchev–Trinajstić information content (AvgIpc) is 3.75. The van der Waals surface area contributed by atoms with Crippen molar-refractivity contribution in [2.75, 3.05) is 32.1 Å². The Kier molecular flexibility index (Phi) is 7.94. The number of terminal acetylenes is 1. The van der Waals surface area contributed by atoms with Crippen LogP contribution in [0, 0.1) is 29.9 Å². The lowest BCUT2D eigenvalue weighted by atomic mass is 9.95. The molecule has 4 aromatic rings. The van der Waals surface area contributed by atoms with E-state index in [0.29, 0.717) is 24.8 Å². The predicted octanol–water partition coefficient (Wildman–Crippen LogP) is 6.62. The fourth-order valence-corrected chi connectivity index (χ4v) is 7.59. The van der Waals surface area contributed by atoms with Crippen molar-refractivity contribution in [2.24, 2.45) is 5.92 Å². The maximum atomic E-state index is 16.8. The number of phenols is 1. The third-order valence-corrected chi connectivity index (χ3v) is 9.78. The summed E-state index contributed by atoms with van der Waals surface area (Å²) in [5.74, 6) is -0.442. The van der Waals surface area contributed by atoms with E-state index in [0.717, 1.165) is 25.5 Å². The minimum absolute atomic E-state index is 0.00302. The molecule has 47 heavy (non-hydrogen) atoms. The second kappa shape index (κ2) is 12.0. The largest absolute Gasteiger partial charge is 0.508 e. The lowest BCUT2D eigenvalue weighted by Gasteiger charge is -2.30. The van der Waals surface area contributed by atoms with Crippen LogP contribution in [-0.2, 0) is 0 Å². The number of benzene rings is 2. The number of methoxy groups -OCH3 is 1. The zero-order chi connectivity index (χ0) is 33.0. The van der Waals surface area contributed by atoms with Gasteiger partial charge >= 0.3 is 6.01 Å². The maximum Gasteiger partial charge on any atom is 0.319 e. The molecule has 4 atom stereocenters. The summed E-state index contributed by atoms with van der Waals surface area (Å²) in [6, 6.07) is 4.54. The highest BCUT2D eigenvalue weighted by Crippen LogP contribution is 2.43. The van der Waals surface area contributed by atoms with Gasteiger partial charge in [-0.2, -0.15) is 9.97 Å². The Bertz CT molecular complexity index is 1920. The first-order valence-corrected chi connectivity index (χ1v) is 15.5. The second-order valence-corrected chi connectivity index (χ2v) is 12.6. The zero-order valence-electron chi connectivity index (χ0n) is 25.5. The molecule has 246 valence electrons. The van der Waals surface area contributed by atoms with Gasteiger partial charge in [0.15, 0.2) is 5.82 Å². The summed E-state index contributed by atoms with van der Waals surface area (Å²) in [4.78, 5) is 15.4. The van der Waals surface area contributed by atoms with Gasteiger partial charge in [-0.05, 0) is 62.2 Å². The zero-order valence-corrected chi connectivity index (χ0v) is 25.5. The highest BCUT2D eigenvalue weighted by molar-refractivity contribution is 6.04. The second-order valence-electron chi connectivity index (χ2n) is 12.6. The van der Waals surface area contributed by atoms with Gasteiger partial charge in [0, 0.05) is 35.9 Å². The van der Waals surface area contributed by atoms with Crippen LogP contribution < -0.4 is 14.8 Å². The first-order chi connectivity index (χ1) is 22.6. The topological polar surface area (TPSA) is 92.6 Å². The molecule has 0 radical (unpaired) electrons. The van der Waals surface area contributed by atoms with Gasteiger partial charge in [0.25, 0.3) is 0 Å². The number of hydrogen-bond donors (Lipinski definition) is 2. The van der Waals surface area contributed by atoms with Gasteiger partial charge < -0.3 is 19.9 Å². The summed E-state index contributed by atoms with van der Waals surface area (Å²) in [5.41, 5.74) is -1.30. The molecule has 2 aliphatic heterocycles. The van der Waals surface area contributed by atoms with E-state index in [1.165, 1.54) is 25.3 Å². The molecular weight excluding hydrogens is 621 g/mol. The highest BCUT2D eigenvalue weighted by Gasteiger charge is 2.49. The number of nitrogens with zero attached hydrogens (tertiary/aromatic N) is 4. The Morgan fingerprint density at radius 1 is 1.17 bits per heavy atom. The molecule has 7 rings (SSSR count). The van der Waals surface area contributed by atoms with Crippen LogP contribution in [0.1, 0.15) is 44.1 Å². The number of anilines is 1. The molecule has 3 fully saturated rings. The van der Waals surface area contributed by atoms with Crippen LogP contribution in [0.15, 0.2) is 24.3 Å². The van der Waals surface area contributed by atoms with Crippen LogP contribution in [0.5, 0.6) is 17.6 Å². The number of pyridine rings is 1. The Morgan fingerprint density at radius 2 is 2.00 bits per heavy atom. The molecule has 0 spiro atoms. The minimum Gasteiger partial charge on any atom is -0.508 e. The molecule has 3 aliphatic rings. The van der Waals surface area contributed by atoms with Crippen LogP contribution in [0.25, 0.3) is 32.9 Å². The van der Waals surface area contributed by atoms with Crippen molar-refractivity contribution >= 4 is 27.5 Å². The summed E-state index contributed by atoms with van der Waals surface area (Å²) in [5, 5.41) is 14.3. The molecular formula is C34H32F5N5O3. The van der Waals surface area contributed by atoms with Crippen LogP contribution in [-0.4, -0.2) is 75.9 Å². The monoisotopic (exact) mass is 653 g/mol. The van der Waals surface area contributed by atoms with E-state index >= 15 is 4.39 Å². The molecule has 8 nitrogen and oxygen atoms in total. The Labute approximate surface area is 267 Å². The van der Waals surface area contributed by atoms with Crippen molar-refractivity contribution in [3.63, 3.8) is 0 Å². The van der Waals surface area contributed by atoms with Gasteiger partial charge in [-0.15, -0.1) is 6.42 Å². The molecule has 0 unspecified atom stereocenters. The van der Waals surface area contributed by atoms with Crippen LogP contribution in [0.4, 0.5) is 27.8 Å². The highest BCUT2D eigenvalue weighted by atomic mass is 19.3. The third-order valence-electron chi connectivity index (χ3n) is 9.78. The van der Waals surface area contributed by atoms with E-state index in [9.17, 15) is 22.7 Å². The predicted molar refractivity (Wildman–Crippen MR) is 166 cm³/mol. The fourth-order valence-electron chi connectivity index (χ4n) is 7.59. The number of alkyl halides is 3. The van der Waals surface area contributed by atoms with E-state index < -0.39 is 41.7 Å². The average molecular weight is 654 g/mol. The van der Waals surface area contributed by atoms with Gasteiger partial charge in [0.1, 0.15) is 46.8 Å². The van der Waals surface area contributed by atoms with E-state index in [-0.39, 0.29) is 76.0 Å². The molecule has 1 saturated carbocycles. The molecule has 0 amide bonds. The Balaban J connectivity index is 1.39. The minimum atomic E-state index is -2.48. The SMILES string of the molecule is C#Cc1c(F)ccc2cc(O)cc(-c3nc(OC)c4c(N[C@@H]5CC[C@H](C(F)F)C5)nc(OC[C@@]56CCCN5C[C@H](F)C6)nc4c3F)c12. The van der Waals surface area contributed by atoms with Gasteiger partial charge in [-0.25, -0.2) is 26.9 Å². The van der Waals surface area contributed by atoms with E-state index in [1.54, 1.807) is 0 Å². The van der Waals surface area contributed by atoms with Gasteiger partial charge in [0.05, 0.1) is 18.2 Å². The number of rotatable bonds is 8. The van der Waals surface area contributed by atoms with Crippen LogP contribution >= 0.6 is 0 Å². The molecule has 0 bridgehead atoms. The van der Waals surface area contributed by atoms with Crippen LogP contribution in [0.2, 0.25) is 0 Å². The fraction of sp³-hybridized carbons (Fsp3) is 0.441. The summed E-state index contributed by atoms with van der Waals surface area (Å²) in [7, 11) is 1.31. The number of fused-ring (bicyclic) bond motifs is 3. The number of aromatic nitrogens is 3. The van der Waals surface area contributed by atoms with Gasteiger partial charge in [-0.1, -0.05) is 12.0 Å². The number of phenolic OH excluding ortho intramolecular Hbond substituents is 1. The molecule has 2 aromatic heterocycles. The summed E-state index contributed by atoms with van der Waals surface area (Å²) in [6.07, 6.45) is 4.97. The molecule has 13 heteroatoms. The summed E-state index contributed by atoms with van der Waals surface area (Å²) in [6.45, 7) is 1.11. The van der Waals surface area contributed by atoms with Crippen molar-refractivity contribution in [1.29, 1.82) is 0 Å². The van der Waals surface area contributed by atoms with Gasteiger partial charge in [0.2, 0.25) is 12.3 Å². The molecule has 2 N–H and O–H groups in total. The number of halogens is 5. The van der Waals surface area contributed by atoms with Crippen LogP contribution in [0.3, 0.4) is 0 Å². The number of aromatic hydroxyl groups is 1. The summed E-state index contributed by atoms with van der Waals surface area (Å²) < 4.78 is 84.9. The normalized spacial score (nSPS) is 24.3. The summed E-state index contributed by atoms with van der Waals surface area (Å²) >= 11 is 0. The van der Waals surface area contributed by atoms with E-state index in [2.05, 4.69) is 31.1 Å². The lowest BCUT2D eigenvalue weighted by molar-refractivity contribution is 0.0802. The van der Waals surface area contributed by atoms with E-state index in [4.69, 9.17) is 15.9 Å². The van der Waals surface area contributed by atoms with E-state index in [1.807, 2.05) is 0 Å². The standard InChI is InChI=1S/C34H32F5N5O3/c1-3-22-24(36)8-6-17-12-21(45)13-23(25(17)22)28-27(37)29-26(32(41-28)46-2)31(40-20-7-5-18(11-20)30(38)39)43-33(42-29)47-16-34-9-4-10-44(34)15-19(35)14-34/h1,6,8,12-13,18-20,30,45H,4-5,7,9-11,14-16H2,2H3,(H,40,42,43)/t18-,19+,20+,34-/m0/s1. The third kappa shape index (κ3) is 5.42. The van der Waals surface area contributed by atoms with Crippen molar-refractivity contribution in [3.05, 3.63) is 41.5 Å². The number of nitrogens with one attached hydrogen (secondary N) is 1. The van der Waals surface area contributed by atoms with Crippen molar-refractivity contribution in [3.8, 4) is 41.2 Å². The number of ether oxygens (including phenoxy) is 2. The van der Waals surface area contributed by atoms with Gasteiger partial charge in [-0.3, -0.25) is 4.90 Å². The number of hydrogen-bond acceptors (Lipinski definition) is 8. The first kappa shape index (κ1) is 31.2. The molecule has 2 saturated heterocycles. The van der Waals surface area contributed by atoms with Crippen molar-refractivity contribution in [2.45, 2.75) is 62.7 Å². The van der Waals surface area contributed by atoms with Crippen molar-refractivity contribution < 1.29 is 36.5 Å². The smallest absolute Gasteiger partial charge is 0.319 e. The molecule has 4 heterocycles. The lowest BCUT2D eigenvalue weighted by Crippen LogP contribution is -2.43. The Hall–Kier alpha value is -4.44. The quantitative estimate of drug-likeness (QED) is 0.162. The Morgan fingerprint density at radius 3 is 2.74 bits per heavy atom. The van der Waals surface area contributed by atoms with Crippen molar-refractivity contribution in [1.82, 2.24) is 19.9 Å². The molecule has 1 aliphatic carbocycles. The maximum absolute atomic E-state index is 16.8. The first-order valence-electron chi connectivity index (χ1n) is 15.5.